The lowest BCUT2D eigenvalue weighted by molar-refractivity contribution is -0.118. The lowest BCUT2D eigenvalue weighted by Crippen LogP contribution is -2.23. The normalized spacial score (nSPS) is 13.6. The number of halogens is 1. The molecule has 1 aromatic heterocycles. The van der Waals surface area contributed by atoms with Crippen molar-refractivity contribution in [3.63, 3.8) is 0 Å². The highest BCUT2D eigenvalue weighted by Gasteiger charge is 2.21. The Bertz CT molecular complexity index is 1040. The standard InChI is InChI=1S/C21H18ClN3O3S/c22-17-5-2-1-4-16(17)18-13-29-21(23-18)24-19(26)12-28-15-9-7-14(8-10-15)25-11-3-6-20(25)27/h1-2,4-5,7-10,13H,3,6,11-12H2,(H,23,24,26). The molecule has 1 N–H and O–H groups in total. The minimum atomic E-state index is -0.302. The Labute approximate surface area is 177 Å². The molecule has 0 atom stereocenters. The summed E-state index contributed by atoms with van der Waals surface area (Å²) in [7, 11) is 0. The van der Waals surface area contributed by atoms with Crippen molar-refractivity contribution in [2.24, 2.45) is 0 Å². The van der Waals surface area contributed by atoms with Crippen molar-refractivity contribution in [3.05, 3.63) is 58.9 Å². The molecule has 1 aliphatic rings. The summed E-state index contributed by atoms with van der Waals surface area (Å²) in [6, 6.07) is 14.6. The van der Waals surface area contributed by atoms with Gasteiger partial charge in [0.15, 0.2) is 11.7 Å². The van der Waals surface area contributed by atoms with Crippen molar-refractivity contribution in [3.8, 4) is 17.0 Å². The second-order valence-corrected chi connectivity index (χ2v) is 7.76. The van der Waals surface area contributed by atoms with E-state index in [1.54, 1.807) is 23.1 Å². The summed E-state index contributed by atoms with van der Waals surface area (Å²) in [5.41, 5.74) is 2.38. The van der Waals surface area contributed by atoms with Gasteiger partial charge >= 0.3 is 0 Å². The molecule has 8 heteroatoms. The summed E-state index contributed by atoms with van der Waals surface area (Å²) in [6.07, 6.45) is 1.47. The van der Waals surface area contributed by atoms with Crippen LogP contribution < -0.4 is 15.0 Å². The molecule has 0 aliphatic carbocycles. The van der Waals surface area contributed by atoms with Gasteiger partial charge in [-0.05, 0) is 36.8 Å². The molecule has 2 heterocycles. The first-order valence-corrected chi connectivity index (χ1v) is 10.4. The number of amides is 2. The van der Waals surface area contributed by atoms with Gasteiger partial charge in [0, 0.05) is 34.6 Å². The molecule has 1 fully saturated rings. The van der Waals surface area contributed by atoms with Crippen LogP contribution in [0.3, 0.4) is 0 Å². The molecular weight excluding hydrogens is 410 g/mol. The van der Waals surface area contributed by atoms with E-state index in [2.05, 4.69) is 10.3 Å². The predicted octanol–water partition coefficient (Wildman–Crippen LogP) is 4.61. The van der Waals surface area contributed by atoms with Gasteiger partial charge in [-0.15, -0.1) is 11.3 Å². The summed E-state index contributed by atoms with van der Waals surface area (Å²) in [5, 5.41) is 5.67. The Morgan fingerprint density at radius 1 is 1.21 bits per heavy atom. The number of anilines is 2. The van der Waals surface area contributed by atoms with E-state index < -0.39 is 0 Å². The molecule has 148 valence electrons. The van der Waals surface area contributed by atoms with Crippen molar-refractivity contribution in [1.82, 2.24) is 4.98 Å². The van der Waals surface area contributed by atoms with Gasteiger partial charge in [0.1, 0.15) is 5.75 Å². The molecule has 2 aromatic carbocycles. The average molecular weight is 428 g/mol. The van der Waals surface area contributed by atoms with Crippen LogP contribution in [0.4, 0.5) is 10.8 Å². The van der Waals surface area contributed by atoms with E-state index in [1.165, 1.54) is 11.3 Å². The van der Waals surface area contributed by atoms with E-state index in [4.69, 9.17) is 16.3 Å². The molecule has 0 saturated carbocycles. The summed E-state index contributed by atoms with van der Waals surface area (Å²) < 4.78 is 5.54. The quantitative estimate of drug-likeness (QED) is 0.623. The summed E-state index contributed by atoms with van der Waals surface area (Å²) in [4.78, 5) is 30.1. The molecule has 1 saturated heterocycles. The molecule has 0 bridgehead atoms. The smallest absolute Gasteiger partial charge is 0.264 e. The van der Waals surface area contributed by atoms with Gasteiger partial charge < -0.3 is 9.64 Å². The van der Waals surface area contributed by atoms with E-state index in [9.17, 15) is 9.59 Å². The molecule has 1 aliphatic heterocycles. The SMILES string of the molecule is O=C(COc1ccc(N2CCCC2=O)cc1)Nc1nc(-c2ccccc2Cl)cs1. The van der Waals surface area contributed by atoms with Crippen LogP contribution in [0, 0.1) is 0 Å². The number of aromatic nitrogens is 1. The minimum Gasteiger partial charge on any atom is -0.484 e. The first-order chi connectivity index (χ1) is 14.1. The topological polar surface area (TPSA) is 71.5 Å². The Kier molecular flexibility index (Phi) is 5.78. The van der Waals surface area contributed by atoms with Gasteiger partial charge in [0.05, 0.1) is 5.69 Å². The van der Waals surface area contributed by atoms with Crippen molar-refractivity contribution in [2.45, 2.75) is 12.8 Å². The third kappa shape index (κ3) is 4.58. The lowest BCUT2D eigenvalue weighted by Gasteiger charge is -2.16. The van der Waals surface area contributed by atoms with Crippen LogP contribution in [-0.2, 0) is 9.59 Å². The first kappa shape index (κ1) is 19.4. The molecule has 0 unspecified atom stereocenters. The molecule has 6 nitrogen and oxygen atoms in total. The fourth-order valence-corrected chi connectivity index (χ4v) is 4.03. The van der Waals surface area contributed by atoms with Crippen molar-refractivity contribution >= 4 is 45.6 Å². The van der Waals surface area contributed by atoms with Crippen molar-refractivity contribution in [2.75, 3.05) is 23.4 Å². The highest BCUT2D eigenvalue weighted by Crippen LogP contribution is 2.30. The molecule has 29 heavy (non-hydrogen) atoms. The molecular formula is C21H18ClN3O3S. The number of hydrogen-bond donors (Lipinski definition) is 1. The van der Waals surface area contributed by atoms with Gasteiger partial charge in [0.25, 0.3) is 5.91 Å². The number of ether oxygens (including phenoxy) is 1. The van der Waals surface area contributed by atoms with E-state index in [-0.39, 0.29) is 18.4 Å². The van der Waals surface area contributed by atoms with E-state index in [0.29, 0.717) is 28.0 Å². The van der Waals surface area contributed by atoms with Crippen LogP contribution in [0.5, 0.6) is 5.75 Å². The number of carbonyl (C=O) groups excluding carboxylic acids is 2. The second-order valence-electron chi connectivity index (χ2n) is 6.50. The number of benzene rings is 2. The fourth-order valence-electron chi connectivity index (χ4n) is 3.07. The number of carbonyl (C=O) groups is 2. The highest BCUT2D eigenvalue weighted by atomic mass is 35.5. The van der Waals surface area contributed by atoms with Crippen LogP contribution >= 0.6 is 22.9 Å². The van der Waals surface area contributed by atoms with Gasteiger partial charge in [-0.1, -0.05) is 29.8 Å². The van der Waals surface area contributed by atoms with Gasteiger partial charge in [0.2, 0.25) is 5.91 Å². The van der Waals surface area contributed by atoms with Crippen molar-refractivity contribution < 1.29 is 14.3 Å². The number of nitrogens with one attached hydrogen (secondary N) is 1. The van der Waals surface area contributed by atoms with Gasteiger partial charge in [-0.25, -0.2) is 4.98 Å². The van der Waals surface area contributed by atoms with E-state index in [1.807, 2.05) is 35.7 Å². The molecule has 4 rings (SSSR count). The summed E-state index contributed by atoms with van der Waals surface area (Å²) in [6.45, 7) is 0.606. The van der Waals surface area contributed by atoms with Gasteiger partial charge in [-0.3, -0.25) is 14.9 Å². The highest BCUT2D eigenvalue weighted by molar-refractivity contribution is 7.14. The van der Waals surface area contributed by atoms with Crippen molar-refractivity contribution in [1.29, 1.82) is 0 Å². The summed E-state index contributed by atoms with van der Waals surface area (Å²) >= 11 is 7.51. The minimum absolute atomic E-state index is 0.136. The zero-order valence-electron chi connectivity index (χ0n) is 15.4. The lowest BCUT2D eigenvalue weighted by atomic mass is 10.2. The number of rotatable bonds is 6. The number of nitrogens with zero attached hydrogens (tertiary/aromatic N) is 2. The predicted molar refractivity (Wildman–Crippen MR) is 115 cm³/mol. The largest absolute Gasteiger partial charge is 0.484 e. The number of hydrogen-bond acceptors (Lipinski definition) is 5. The average Bonchev–Trinajstić information content (AvgIpc) is 3.36. The van der Waals surface area contributed by atoms with Crippen LogP contribution in [0.15, 0.2) is 53.9 Å². The van der Waals surface area contributed by atoms with Crippen LogP contribution in [0.2, 0.25) is 5.02 Å². The maximum absolute atomic E-state index is 12.2. The molecule has 0 radical (unpaired) electrons. The van der Waals surface area contributed by atoms with E-state index in [0.717, 1.165) is 24.2 Å². The maximum Gasteiger partial charge on any atom is 0.264 e. The third-order valence-electron chi connectivity index (χ3n) is 4.49. The molecule has 2 amide bonds. The molecule has 0 spiro atoms. The first-order valence-electron chi connectivity index (χ1n) is 9.14. The Morgan fingerprint density at radius 2 is 2.00 bits per heavy atom. The van der Waals surface area contributed by atoms with E-state index >= 15 is 0 Å². The second kappa shape index (κ2) is 8.63. The molecule has 3 aromatic rings. The van der Waals surface area contributed by atoms with Gasteiger partial charge in [-0.2, -0.15) is 0 Å². The Balaban J connectivity index is 1.31. The van der Waals surface area contributed by atoms with Crippen LogP contribution in [0.25, 0.3) is 11.3 Å². The fraction of sp³-hybridized carbons (Fsp3) is 0.190. The Hall–Kier alpha value is -2.90. The zero-order chi connectivity index (χ0) is 20.2. The van der Waals surface area contributed by atoms with Crippen LogP contribution in [0.1, 0.15) is 12.8 Å². The maximum atomic E-state index is 12.2. The Morgan fingerprint density at radius 3 is 2.72 bits per heavy atom. The number of thiazole rings is 1. The third-order valence-corrected chi connectivity index (χ3v) is 5.58. The zero-order valence-corrected chi connectivity index (χ0v) is 17.0. The summed E-state index contributed by atoms with van der Waals surface area (Å²) in [5.74, 6) is 0.396. The van der Waals surface area contributed by atoms with Crippen LogP contribution in [-0.4, -0.2) is 29.9 Å². The monoisotopic (exact) mass is 427 g/mol.